The van der Waals surface area contributed by atoms with Gasteiger partial charge in [0.25, 0.3) is 5.91 Å². The molecule has 626 valence electrons. The van der Waals surface area contributed by atoms with Crippen molar-refractivity contribution >= 4 is 184 Å². The van der Waals surface area contributed by atoms with Crippen molar-refractivity contribution in [2.24, 2.45) is 9.98 Å². The molecule has 18 rings (SSSR count). The monoisotopic (exact) mass is 1820 g/mol. The second-order valence-corrected chi connectivity index (χ2v) is 31.7. The molecule has 32 heteroatoms. The van der Waals surface area contributed by atoms with Gasteiger partial charge in [-0.1, -0.05) is 171 Å². The quantitative estimate of drug-likeness (QED) is 0.0471. The predicted molar refractivity (Wildman–Crippen MR) is 487 cm³/mol. The SMILES string of the molecule is Cc1cccc(Br)c1.N#CC1(Nc2ccc(Cl)cc2)COC1.[C-]#[N+]c1ccc(N2C(=O)N(c3ccc(Cl)cc3)C3(COC3)C2(O)c2cccc(C)c2)cc1.[C-]#[N+]c1ccc(N2C(=O)N(c3ccc(Cl)cc3)C3(COC3)C2=O)cc1.[C-]#[N+]c1ccc(N=C=O)cc1.[C-]#[N+]c1ccc(NC(=O)N=C2N(c3ccc([N+]#[C-])cc3)C(=O)N(c3ccc(Cl)cc3)C23COC3)cc1. The number of nitrogens with one attached hydrogen (secondary N) is 2. The Morgan fingerprint density at radius 3 is 1.21 bits per heavy atom. The highest BCUT2D eigenvalue weighted by Crippen LogP contribution is 2.55. The number of aryl methyl sites for hydroxylation is 2. The number of anilines is 8. The van der Waals surface area contributed by atoms with E-state index >= 15 is 0 Å². The van der Waals surface area contributed by atoms with Crippen molar-refractivity contribution in [2.75, 3.05) is 92.9 Å². The van der Waals surface area contributed by atoms with Crippen LogP contribution in [-0.4, -0.2) is 122 Å². The molecule has 0 aliphatic carbocycles. The molecule has 1 unspecified atom stereocenters. The van der Waals surface area contributed by atoms with Gasteiger partial charge in [-0.25, -0.2) is 58.0 Å². The maximum atomic E-state index is 14.0. The molecular formula is C94H69BrCl4N16O11. The smallest absolute Gasteiger partial charge is 0.347 e. The number of amidine groups is 1. The molecule has 11 aromatic carbocycles. The predicted octanol–water partition coefficient (Wildman–Crippen LogP) is 22.2. The molecule has 1 atom stereocenters. The van der Waals surface area contributed by atoms with Crippen LogP contribution >= 0.6 is 62.3 Å². The molecular weight excluding hydrogens is 1750 g/mol. The van der Waals surface area contributed by atoms with E-state index in [0.717, 1.165) is 20.6 Å². The number of rotatable bonds is 11. The van der Waals surface area contributed by atoms with Crippen LogP contribution in [0.15, 0.2) is 281 Å². The maximum Gasteiger partial charge on any atom is 0.347 e. The zero-order valence-corrected chi connectivity index (χ0v) is 71.4. The molecule has 11 aromatic rings. The fraction of sp³-hybridized carbons (Fsp3) is 0.160. The van der Waals surface area contributed by atoms with Crippen molar-refractivity contribution < 1.29 is 52.8 Å². The van der Waals surface area contributed by atoms with Gasteiger partial charge in [0.15, 0.2) is 50.9 Å². The van der Waals surface area contributed by atoms with Gasteiger partial charge in [0.2, 0.25) is 11.8 Å². The largest absolute Gasteiger partial charge is 0.376 e. The van der Waals surface area contributed by atoms with Crippen molar-refractivity contribution in [1.29, 1.82) is 5.26 Å². The third-order valence-electron chi connectivity index (χ3n) is 20.8. The van der Waals surface area contributed by atoms with E-state index in [9.17, 15) is 33.9 Å². The Hall–Kier alpha value is -14.4. The van der Waals surface area contributed by atoms with Crippen LogP contribution in [0.3, 0.4) is 0 Å². The normalized spacial score (nSPS) is 17.2. The lowest BCUT2D eigenvalue weighted by molar-refractivity contribution is -0.153. The van der Waals surface area contributed by atoms with Crippen LogP contribution in [0.1, 0.15) is 16.7 Å². The van der Waals surface area contributed by atoms with E-state index < -0.39 is 46.0 Å². The average Bonchev–Trinajstić information content (AvgIpc) is 1.52. The van der Waals surface area contributed by atoms with Gasteiger partial charge in [-0.15, -0.1) is 0 Å². The summed E-state index contributed by atoms with van der Waals surface area (Å²) >= 11 is 27.2. The summed E-state index contributed by atoms with van der Waals surface area (Å²) in [5.41, 5.74) is 4.88. The van der Waals surface area contributed by atoms with Crippen LogP contribution < -0.4 is 40.0 Å². The zero-order chi connectivity index (χ0) is 89.5. The molecule has 7 aliphatic heterocycles. The van der Waals surface area contributed by atoms with Gasteiger partial charge in [0.1, 0.15) is 5.54 Å². The standard InChI is InChI=1S/C26H17ClN6O3.C25H20ClN3O3.C18H12ClN3O3.C10H9ClN2O.C8H4N2O.C7H7Br/c1-28-18-5-7-20(8-6-18)30-24(34)31-23-26(15-36-16-26)33(22-11-3-17(27)4-12-22)25(35)32(23)21-13-9-19(29-2)10-14-21;1-17-4-3-5-18(14-17)25(31)24(15-32-16-24)28(21-10-6-19(26)7-11-21)23(30)29(25)22-12-8-20(27-2)9-13-22;1-20-13-4-8-14(9-5-13)21-16(23)18(10-25-11-18)22(17(21)24)15-6-2-12(19)3-7-15;11-8-1-3-9(4-2-8)13-10(5-12)6-14-7-10;1-9-7-2-4-8(5-3-7)10-6-11;1-6-3-2-4-7(8)5-6/h3-14H,15-16H2,(H,30,34);3-14,31H,15-16H2,1H3;2-9H,10-11H2;1-4,13H,6-7H2;2-5H;2-5H,1H3. The van der Waals surface area contributed by atoms with Crippen molar-refractivity contribution in [2.45, 2.75) is 41.7 Å². The first-order valence-electron chi connectivity index (χ1n) is 38.2. The first kappa shape index (κ1) is 89.4. The summed E-state index contributed by atoms with van der Waals surface area (Å²) in [6.07, 6.45) is 1.42. The lowest BCUT2D eigenvalue weighted by atomic mass is 9.78. The van der Waals surface area contributed by atoms with Crippen LogP contribution in [-0.2, 0) is 34.3 Å². The lowest BCUT2D eigenvalue weighted by Gasteiger charge is -2.51. The number of carbonyl (C=O) groups is 5. The summed E-state index contributed by atoms with van der Waals surface area (Å²) in [6, 6.07) is 76.1. The van der Waals surface area contributed by atoms with E-state index in [-0.39, 0.29) is 57.4 Å². The molecule has 7 aliphatic rings. The number of isocyanates is 1. The number of carbonyl (C=O) groups excluding carboxylic acids is 6. The topological polar surface area (TPSA) is 273 Å². The Balaban J connectivity index is 0.000000138. The summed E-state index contributed by atoms with van der Waals surface area (Å²) in [4.78, 5) is 110. The van der Waals surface area contributed by atoms with Crippen molar-refractivity contribution in [3.8, 4) is 6.07 Å². The molecule has 9 amide bonds. The van der Waals surface area contributed by atoms with Crippen molar-refractivity contribution in [1.82, 2.24) is 0 Å². The molecule has 0 bridgehead atoms. The average molecular weight is 1820 g/mol. The second-order valence-electron chi connectivity index (χ2n) is 29.1. The van der Waals surface area contributed by atoms with Crippen LogP contribution in [0.5, 0.6) is 0 Å². The molecule has 27 nitrogen and oxygen atoms in total. The van der Waals surface area contributed by atoms with Crippen LogP contribution in [0, 0.1) is 58.0 Å². The van der Waals surface area contributed by atoms with Gasteiger partial charge < -0.3 is 34.7 Å². The number of urea groups is 4. The molecule has 0 saturated carbocycles. The number of hydrogen-bond donors (Lipinski definition) is 3. The number of amides is 9. The number of ether oxygens (including phenoxy) is 4. The van der Waals surface area contributed by atoms with Gasteiger partial charge in [0, 0.05) is 69.9 Å². The second kappa shape index (κ2) is 39.0. The Morgan fingerprint density at radius 2 is 0.825 bits per heavy atom. The summed E-state index contributed by atoms with van der Waals surface area (Å²) in [7, 11) is 0. The van der Waals surface area contributed by atoms with Crippen LogP contribution in [0.4, 0.5) is 98.8 Å². The molecule has 3 spiro atoms. The van der Waals surface area contributed by atoms with E-state index in [2.05, 4.69) is 85.9 Å². The minimum Gasteiger partial charge on any atom is -0.376 e. The number of halogens is 5. The highest BCUT2D eigenvalue weighted by molar-refractivity contribution is 9.10. The van der Waals surface area contributed by atoms with E-state index in [1.807, 2.05) is 55.5 Å². The van der Waals surface area contributed by atoms with E-state index in [0.29, 0.717) is 113 Å². The molecule has 7 heterocycles. The molecule has 7 fully saturated rings. The van der Waals surface area contributed by atoms with Crippen LogP contribution in [0.25, 0.3) is 24.2 Å². The Bertz CT molecular complexity index is 6260. The minimum atomic E-state index is -1.70. The maximum absolute atomic E-state index is 14.0. The number of benzene rings is 11. The number of nitriles is 1. The third kappa shape index (κ3) is 18.6. The number of imide groups is 1. The first-order chi connectivity index (χ1) is 60.8. The Morgan fingerprint density at radius 1 is 0.452 bits per heavy atom. The Labute approximate surface area is 752 Å². The molecule has 7 saturated heterocycles. The minimum absolute atomic E-state index is 0.143. The zero-order valence-electron chi connectivity index (χ0n) is 66.7. The highest BCUT2D eigenvalue weighted by Gasteiger charge is 2.72. The van der Waals surface area contributed by atoms with Gasteiger partial charge in [-0.3, -0.25) is 24.4 Å². The summed E-state index contributed by atoms with van der Waals surface area (Å²) < 4.78 is 22.6. The van der Waals surface area contributed by atoms with Gasteiger partial charge >= 0.3 is 24.1 Å². The summed E-state index contributed by atoms with van der Waals surface area (Å²) in [6.45, 7) is 41.0. The lowest BCUT2D eigenvalue weighted by Crippen LogP contribution is -2.70. The van der Waals surface area contributed by atoms with Crippen LogP contribution in [0.2, 0.25) is 20.1 Å². The molecule has 3 N–H and O–H groups in total. The van der Waals surface area contributed by atoms with Gasteiger partial charge in [-0.05, 0) is 184 Å². The van der Waals surface area contributed by atoms with Crippen molar-refractivity contribution in [3.63, 3.8) is 0 Å². The van der Waals surface area contributed by atoms with E-state index in [4.69, 9.17) is 103 Å². The first-order valence-corrected chi connectivity index (χ1v) is 40.5. The molecule has 0 radical (unpaired) electrons. The molecule has 126 heavy (non-hydrogen) atoms. The summed E-state index contributed by atoms with van der Waals surface area (Å²) in [5, 5.41) is 29.5. The summed E-state index contributed by atoms with van der Waals surface area (Å²) in [5.74, 6) is -0.117. The fourth-order valence-electron chi connectivity index (χ4n) is 14.3. The number of nitrogens with zero attached hydrogens (tertiary/aromatic N) is 14. The van der Waals surface area contributed by atoms with E-state index in [1.54, 1.807) is 216 Å². The fourth-order valence-corrected chi connectivity index (χ4v) is 15.3. The third-order valence-corrected chi connectivity index (χ3v) is 22.3. The number of aliphatic imine (C=N–C) groups is 2. The number of aliphatic hydroxyl groups is 1. The Kier molecular flexibility index (Phi) is 27.6. The number of hydrogen-bond acceptors (Lipinski definition) is 14. The van der Waals surface area contributed by atoms with Crippen molar-refractivity contribution in [3.05, 3.63) is 365 Å². The van der Waals surface area contributed by atoms with Gasteiger partial charge in [0.05, 0.1) is 103 Å². The van der Waals surface area contributed by atoms with E-state index in [1.165, 1.54) is 26.3 Å². The van der Waals surface area contributed by atoms with Gasteiger partial charge in [-0.2, -0.15) is 15.2 Å². The highest BCUT2D eigenvalue weighted by atomic mass is 79.9. The molecule has 0 aromatic heterocycles.